The number of carbonyl (C=O) groups excluding carboxylic acids is 2. The van der Waals surface area contributed by atoms with E-state index in [0.29, 0.717) is 30.6 Å². The number of para-hydroxylation sites is 1. The van der Waals surface area contributed by atoms with Crippen LogP contribution in [0.15, 0.2) is 53.3 Å². The maximum atomic E-state index is 12.9. The SMILES string of the molecule is O=C(COC(=O)c1ccc2c(=O)n3c(nc2c1)CCCCCC3)NCCOc1ccccc1. The summed E-state index contributed by atoms with van der Waals surface area (Å²) in [4.78, 5) is 42.0. The van der Waals surface area contributed by atoms with Crippen LogP contribution in [0.3, 0.4) is 0 Å². The summed E-state index contributed by atoms with van der Waals surface area (Å²) in [6, 6.07) is 14.0. The number of hydrogen-bond donors (Lipinski definition) is 1. The number of aryl methyl sites for hydroxylation is 1. The lowest BCUT2D eigenvalue weighted by Crippen LogP contribution is -2.32. The number of hydrogen-bond acceptors (Lipinski definition) is 6. The van der Waals surface area contributed by atoms with Gasteiger partial charge in [-0.15, -0.1) is 0 Å². The molecule has 1 aromatic heterocycles. The number of ether oxygens (including phenoxy) is 2. The minimum absolute atomic E-state index is 0.0751. The Morgan fingerprint density at radius 2 is 1.85 bits per heavy atom. The van der Waals surface area contributed by atoms with E-state index in [4.69, 9.17) is 9.47 Å². The molecular formula is C25H27N3O5. The van der Waals surface area contributed by atoms with E-state index in [0.717, 1.165) is 43.7 Å². The summed E-state index contributed by atoms with van der Waals surface area (Å²) in [6.07, 6.45) is 4.94. The van der Waals surface area contributed by atoms with E-state index in [1.54, 1.807) is 16.7 Å². The third kappa shape index (κ3) is 5.77. The second-order valence-electron chi connectivity index (χ2n) is 7.97. The Morgan fingerprint density at radius 1 is 1.03 bits per heavy atom. The molecule has 0 unspecified atom stereocenters. The van der Waals surface area contributed by atoms with Gasteiger partial charge in [0.2, 0.25) is 0 Å². The van der Waals surface area contributed by atoms with Gasteiger partial charge in [-0.05, 0) is 43.2 Å². The van der Waals surface area contributed by atoms with Gasteiger partial charge < -0.3 is 14.8 Å². The van der Waals surface area contributed by atoms with Crippen molar-refractivity contribution < 1.29 is 19.1 Å². The van der Waals surface area contributed by atoms with E-state index >= 15 is 0 Å². The van der Waals surface area contributed by atoms with Gasteiger partial charge in [-0.1, -0.05) is 31.0 Å². The molecule has 172 valence electrons. The number of nitrogens with zero attached hydrogens (tertiary/aromatic N) is 2. The van der Waals surface area contributed by atoms with Crippen molar-refractivity contribution in [3.05, 3.63) is 70.3 Å². The molecule has 8 nitrogen and oxygen atoms in total. The third-order valence-corrected chi connectivity index (χ3v) is 5.57. The Morgan fingerprint density at radius 3 is 2.70 bits per heavy atom. The normalized spacial score (nSPS) is 13.5. The Labute approximate surface area is 191 Å². The van der Waals surface area contributed by atoms with E-state index in [2.05, 4.69) is 10.3 Å². The number of nitrogens with one attached hydrogen (secondary N) is 1. The molecule has 4 rings (SSSR count). The van der Waals surface area contributed by atoms with E-state index in [-0.39, 0.29) is 11.1 Å². The average Bonchev–Trinajstić information content (AvgIpc) is 2.82. The standard InChI is InChI=1S/C25H27N3O5/c29-23(26-13-15-32-19-8-4-3-5-9-19)17-33-25(31)18-11-12-20-21(16-18)27-22-10-6-1-2-7-14-28(22)24(20)30/h3-5,8-9,11-12,16H,1-2,6-7,10,13-15,17H2,(H,26,29). The molecule has 3 aromatic rings. The molecule has 0 bridgehead atoms. The van der Waals surface area contributed by atoms with Gasteiger partial charge in [0.1, 0.15) is 18.2 Å². The van der Waals surface area contributed by atoms with Crippen LogP contribution in [0.1, 0.15) is 41.9 Å². The average molecular weight is 450 g/mol. The molecule has 0 aliphatic carbocycles. The summed E-state index contributed by atoms with van der Waals surface area (Å²) in [6.45, 7) is 0.870. The highest BCUT2D eigenvalue weighted by Gasteiger charge is 2.16. The predicted molar refractivity (Wildman–Crippen MR) is 123 cm³/mol. The van der Waals surface area contributed by atoms with Crippen molar-refractivity contribution >= 4 is 22.8 Å². The largest absolute Gasteiger partial charge is 0.492 e. The van der Waals surface area contributed by atoms with E-state index in [1.165, 1.54) is 6.07 Å². The van der Waals surface area contributed by atoms with Crippen molar-refractivity contribution in [2.24, 2.45) is 0 Å². The number of aromatic nitrogens is 2. The molecule has 1 aliphatic heterocycles. The molecule has 2 heterocycles. The summed E-state index contributed by atoms with van der Waals surface area (Å²) in [5, 5.41) is 3.12. The number of esters is 1. The lowest BCUT2D eigenvalue weighted by Gasteiger charge is -2.16. The zero-order chi connectivity index (χ0) is 23.0. The summed E-state index contributed by atoms with van der Waals surface area (Å²) in [5.74, 6) is 0.421. The molecule has 2 aromatic carbocycles. The Hall–Kier alpha value is -3.68. The Bertz CT molecular complexity index is 1190. The van der Waals surface area contributed by atoms with E-state index < -0.39 is 18.5 Å². The van der Waals surface area contributed by atoms with Crippen LogP contribution in [-0.4, -0.2) is 41.2 Å². The molecule has 1 amide bonds. The van der Waals surface area contributed by atoms with Gasteiger partial charge in [0.05, 0.1) is 23.0 Å². The van der Waals surface area contributed by atoms with Gasteiger partial charge in [0.15, 0.2) is 6.61 Å². The van der Waals surface area contributed by atoms with E-state index in [9.17, 15) is 14.4 Å². The molecule has 8 heteroatoms. The van der Waals surface area contributed by atoms with Crippen molar-refractivity contribution in [3.8, 4) is 5.75 Å². The number of amides is 1. The highest BCUT2D eigenvalue weighted by atomic mass is 16.5. The fourth-order valence-electron chi connectivity index (χ4n) is 3.86. The van der Waals surface area contributed by atoms with Crippen LogP contribution in [0.4, 0.5) is 0 Å². The van der Waals surface area contributed by atoms with Crippen molar-refractivity contribution in [3.63, 3.8) is 0 Å². The van der Waals surface area contributed by atoms with Crippen molar-refractivity contribution in [2.45, 2.75) is 38.6 Å². The number of fused-ring (bicyclic) bond motifs is 2. The van der Waals surface area contributed by atoms with E-state index in [1.807, 2.05) is 30.3 Å². The third-order valence-electron chi connectivity index (χ3n) is 5.57. The summed E-state index contributed by atoms with van der Waals surface area (Å²) < 4.78 is 12.4. The first-order chi connectivity index (χ1) is 16.1. The van der Waals surface area contributed by atoms with Gasteiger partial charge in [-0.25, -0.2) is 9.78 Å². The molecular weight excluding hydrogens is 422 g/mol. The van der Waals surface area contributed by atoms with Gasteiger partial charge in [-0.2, -0.15) is 0 Å². The maximum absolute atomic E-state index is 12.9. The first-order valence-electron chi connectivity index (χ1n) is 11.3. The van der Waals surface area contributed by atoms with Crippen molar-refractivity contribution in [2.75, 3.05) is 19.8 Å². The first kappa shape index (κ1) is 22.5. The lowest BCUT2D eigenvalue weighted by atomic mass is 10.1. The minimum atomic E-state index is -0.638. The second kappa shape index (κ2) is 10.8. The molecule has 0 radical (unpaired) electrons. The molecule has 0 spiro atoms. The predicted octanol–water partition coefficient (Wildman–Crippen LogP) is 2.87. The van der Waals surface area contributed by atoms with Crippen LogP contribution < -0.4 is 15.6 Å². The van der Waals surface area contributed by atoms with Crippen LogP contribution >= 0.6 is 0 Å². The summed E-state index contributed by atoms with van der Waals surface area (Å²) in [7, 11) is 0. The highest BCUT2D eigenvalue weighted by molar-refractivity contribution is 5.95. The van der Waals surface area contributed by atoms with Gasteiger partial charge in [0.25, 0.3) is 11.5 Å². The molecule has 1 N–H and O–H groups in total. The topological polar surface area (TPSA) is 99.5 Å². The second-order valence-corrected chi connectivity index (χ2v) is 7.97. The number of benzene rings is 2. The van der Waals surface area contributed by atoms with Crippen LogP contribution in [0.25, 0.3) is 10.9 Å². The van der Waals surface area contributed by atoms with Gasteiger partial charge in [0, 0.05) is 13.0 Å². The molecule has 0 fully saturated rings. The maximum Gasteiger partial charge on any atom is 0.338 e. The van der Waals surface area contributed by atoms with Crippen LogP contribution in [-0.2, 0) is 22.5 Å². The highest BCUT2D eigenvalue weighted by Crippen LogP contribution is 2.17. The molecule has 1 aliphatic rings. The van der Waals surface area contributed by atoms with Gasteiger partial charge in [-0.3, -0.25) is 14.2 Å². The minimum Gasteiger partial charge on any atom is -0.492 e. The molecule has 0 saturated carbocycles. The molecule has 0 atom stereocenters. The van der Waals surface area contributed by atoms with Crippen molar-refractivity contribution in [1.82, 2.24) is 14.9 Å². The lowest BCUT2D eigenvalue weighted by molar-refractivity contribution is -0.124. The number of rotatable bonds is 7. The van der Waals surface area contributed by atoms with Crippen LogP contribution in [0, 0.1) is 0 Å². The van der Waals surface area contributed by atoms with Gasteiger partial charge >= 0.3 is 5.97 Å². The number of carbonyl (C=O) groups is 2. The quantitative estimate of drug-likeness (QED) is 0.440. The van der Waals surface area contributed by atoms with Crippen LogP contribution in [0.2, 0.25) is 0 Å². The fraction of sp³-hybridized carbons (Fsp3) is 0.360. The zero-order valence-electron chi connectivity index (χ0n) is 18.4. The zero-order valence-corrected chi connectivity index (χ0v) is 18.4. The molecule has 0 saturated heterocycles. The fourth-order valence-corrected chi connectivity index (χ4v) is 3.86. The first-order valence-corrected chi connectivity index (χ1v) is 11.3. The van der Waals surface area contributed by atoms with Crippen LogP contribution in [0.5, 0.6) is 5.75 Å². The Balaban J connectivity index is 1.33. The smallest absolute Gasteiger partial charge is 0.338 e. The summed E-state index contributed by atoms with van der Waals surface area (Å²) >= 11 is 0. The Kier molecular flexibility index (Phi) is 7.34. The monoisotopic (exact) mass is 449 g/mol. The van der Waals surface area contributed by atoms with Crippen molar-refractivity contribution in [1.29, 1.82) is 0 Å². The molecule has 33 heavy (non-hydrogen) atoms. The summed E-state index contributed by atoms with van der Waals surface area (Å²) in [5.41, 5.74) is 0.656.